The van der Waals surface area contributed by atoms with Crippen molar-refractivity contribution in [2.24, 2.45) is 0 Å². The Kier molecular flexibility index (Phi) is 6.77. The van der Waals surface area contributed by atoms with E-state index in [9.17, 15) is 14.4 Å². The maximum Gasteiger partial charge on any atom is 0.251 e. The highest BCUT2D eigenvalue weighted by Crippen LogP contribution is 2.08. The number of allylic oxidation sites excluding steroid dienone is 1. The van der Waals surface area contributed by atoms with Crippen molar-refractivity contribution in [1.29, 1.82) is 0 Å². The molecule has 2 rings (SSSR count). The molecule has 1 unspecified atom stereocenters. The zero-order valence-corrected chi connectivity index (χ0v) is 14.0. The van der Waals surface area contributed by atoms with Crippen LogP contribution in [0.15, 0.2) is 54.9 Å². The van der Waals surface area contributed by atoms with Crippen LogP contribution in [-0.2, 0) is 4.79 Å². The number of carbonyl (C=O) groups excluding carboxylic acids is 3. The van der Waals surface area contributed by atoms with Crippen molar-refractivity contribution >= 4 is 24.1 Å². The Morgan fingerprint density at radius 2 is 1.76 bits per heavy atom. The fourth-order valence-electron chi connectivity index (χ4n) is 2.27. The molecule has 0 aliphatic rings. The van der Waals surface area contributed by atoms with Crippen molar-refractivity contribution in [2.45, 2.75) is 25.8 Å². The number of pyridine rings is 1. The van der Waals surface area contributed by atoms with Crippen molar-refractivity contribution in [1.82, 2.24) is 10.3 Å². The van der Waals surface area contributed by atoms with E-state index in [1.807, 2.05) is 6.92 Å². The van der Waals surface area contributed by atoms with Crippen molar-refractivity contribution in [3.8, 4) is 0 Å². The van der Waals surface area contributed by atoms with Crippen LogP contribution in [0.1, 0.15) is 46.0 Å². The number of ketones is 1. The third-order valence-electron chi connectivity index (χ3n) is 3.65. The van der Waals surface area contributed by atoms with E-state index in [-0.39, 0.29) is 11.7 Å². The van der Waals surface area contributed by atoms with E-state index < -0.39 is 6.04 Å². The van der Waals surface area contributed by atoms with Gasteiger partial charge in [-0.15, -0.1) is 0 Å². The summed E-state index contributed by atoms with van der Waals surface area (Å²) in [7, 11) is 0. The van der Waals surface area contributed by atoms with Crippen LogP contribution < -0.4 is 5.32 Å². The Balaban J connectivity index is 1.99. The third kappa shape index (κ3) is 5.49. The number of rotatable bonds is 8. The monoisotopic (exact) mass is 336 g/mol. The molecule has 1 amide bonds. The number of aromatic nitrogens is 1. The van der Waals surface area contributed by atoms with Crippen LogP contribution in [0.25, 0.3) is 6.08 Å². The van der Waals surface area contributed by atoms with Crippen LogP contribution in [0.2, 0.25) is 0 Å². The first-order valence-corrected chi connectivity index (χ1v) is 8.12. The summed E-state index contributed by atoms with van der Waals surface area (Å²) in [5, 5.41) is 2.69. The number of nitrogens with one attached hydrogen (secondary N) is 1. The first-order valence-electron chi connectivity index (χ1n) is 8.12. The van der Waals surface area contributed by atoms with E-state index >= 15 is 0 Å². The van der Waals surface area contributed by atoms with Crippen molar-refractivity contribution in [3.05, 3.63) is 71.6 Å². The zero-order valence-electron chi connectivity index (χ0n) is 14.0. The summed E-state index contributed by atoms with van der Waals surface area (Å²) in [6, 6.07) is 9.68. The number of hydrogen-bond acceptors (Lipinski definition) is 4. The van der Waals surface area contributed by atoms with Gasteiger partial charge in [0.25, 0.3) is 5.91 Å². The third-order valence-corrected chi connectivity index (χ3v) is 3.65. The summed E-state index contributed by atoms with van der Waals surface area (Å²) in [5.41, 5.74) is 1.85. The SMILES string of the molecule is CCCC(C=O)NC(=O)c1ccc(/C=C/C(=O)c2ccncc2)cc1. The number of amides is 1. The summed E-state index contributed by atoms with van der Waals surface area (Å²) in [6.07, 6.45) is 8.50. The largest absolute Gasteiger partial charge is 0.343 e. The first kappa shape index (κ1) is 18.3. The number of carbonyl (C=O) groups is 3. The van der Waals surface area contributed by atoms with Crippen molar-refractivity contribution in [3.63, 3.8) is 0 Å². The Morgan fingerprint density at radius 1 is 1.08 bits per heavy atom. The number of hydrogen-bond donors (Lipinski definition) is 1. The first-order chi connectivity index (χ1) is 12.1. The molecule has 0 bridgehead atoms. The van der Waals surface area contributed by atoms with Crippen LogP contribution in [0.3, 0.4) is 0 Å². The van der Waals surface area contributed by atoms with Gasteiger partial charge in [-0.3, -0.25) is 14.6 Å². The maximum atomic E-state index is 12.1. The predicted octanol–water partition coefficient (Wildman–Crippen LogP) is 3.08. The molecule has 25 heavy (non-hydrogen) atoms. The van der Waals surface area contributed by atoms with Gasteiger partial charge in [0, 0.05) is 23.5 Å². The molecule has 0 spiro atoms. The number of nitrogens with zero attached hydrogens (tertiary/aromatic N) is 1. The Bertz CT molecular complexity index is 752. The van der Waals surface area contributed by atoms with Crippen molar-refractivity contribution in [2.75, 3.05) is 0 Å². The van der Waals surface area contributed by atoms with Gasteiger partial charge in [0.2, 0.25) is 0 Å². The second-order valence-corrected chi connectivity index (χ2v) is 5.56. The van der Waals surface area contributed by atoms with Gasteiger partial charge in [-0.2, -0.15) is 0 Å². The maximum absolute atomic E-state index is 12.1. The minimum absolute atomic E-state index is 0.113. The lowest BCUT2D eigenvalue weighted by molar-refractivity contribution is -0.109. The molecule has 128 valence electrons. The number of benzene rings is 1. The molecular weight excluding hydrogens is 316 g/mol. The molecule has 1 aromatic carbocycles. The van der Waals surface area contributed by atoms with Crippen LogP contribution in [0.5, 0.6) is 0 Å². The fraction of sp³-hybridized carbons (Fsp3) is 0.200. The average molecular weight is 336 g/mol. The van der Waals surface area contributed by atoms with Gasteiger partial charge in [-0.25, -0.2) is 0 Å². The zero-order chi connectivity index (χ0) is 18.1. The van der Waals surface area contributed by atoms with Gasteiger partial charge in [-0.05, 0) is 42.3 Å². The van der Waals surface area contributed by atoms with Crippen LogP contribution in [0, 0.1) is 0 Å². The summed E-state index contributed by atoms with van der Waals surface area (Å²) in [4.78, 5) is 38.9. The molecule has 1 heterocycles. The van der Waals surface area contributed by atoms with Crippen LogP contribution >= 0.6 is 0 Å². The highest BCUT2D eigenvalue weighted by Gasteiger charge is 2.11. The second-order valence-electron chi connectivity index (χ2n) is 5.56. The minimum atomic E-state index is -0.463. The molecule has 1 N–H and O–H groups in total. The van der Waals surface area contributed by atoms with E-state index in [2.05, 4.69) is 10.3 Å². The Hall–Kier alpha value is -3.08. The fourth-order valence-corrected chi connectivity index (χ4v) is 2.27. The molecule has 1 aromatic heterocycles. The van der Waals surface area contributed by atoms with E-state index in [1.54, 1.807) is 54.9 Å². The molecule has 5 heteroatoms. The van der Waals surface area contributed by atoms with Crippen molar-refractivity contribution < 1.29 is 14.4 Å². The van der Waals surface area contributed by atoms with E-state index in [4.69, 9.17) is 0 Å². The molecule has 0 saturated carbocycles. The van der Waals surface area contributed by atoms with Crippen LogP contribution in [0.4, 0.5) is 0 Å². The van der Waals surface area contributed by atoms with Gasteiger partial charge in [0.1, 0.15) is 6.29 Å². The predicted molar refractivity (Wildman–Crippen MR) is 96.3 cm³/mol. The Morgan fingerprint density at radius 3 is 2.36 bits per heavy atom. The van der Waals surface area contributed by atoms with Gasteiger partial charge < -0.3 is 10.1 Å². The summed E-state index contributed by atoms with van der Waals surface area (Å²) in [6.45, 7) is 1.96. The summed E-state index contributed by atoms with van der Waals surface area (Å²) < 4.78 is 0. The lowest BCUT2D eigenvalue weighted by Gasteiger charge is -2.11. The second kappa shape index (κ2) is 9.27. The summed E-state index contributed by atoms with van der Waals surface area (Å²) >= 11 is 0. The van der Waals surface area contributed by atoms with Gasteiger partial charge in [0.05, 0.1) is 6.04 Å². The van der Waals surface area contributed by atoms with Gasteiger partial charge >= 0.3 is 0 Å². The highest BCUT2D eigenvalue weighted by atomic mass is 16.2. The molecule has 0 aliphatic heterocycles. The van der Waals surface area contributed by atoms with Crippen LogP contribution in [-0.4, -0.2) is 29.0 Å². The van der Waals surface area contributed by atoms with Gasteiger partial charge in [-0.1, -0.05) is 31.6 Å². The molecule has 0 radical (unpaired) electrons. The topological polar surface area (TPSA) is 76.1 Å². The van der Waals surface area contributed by atoms with Gasteiger partial charge in [0.15, 0.2) is 5.78 Å². The van der Waals surface area contributed by atoms with E-state index in [1.165, 1.54) is 6.08 Å². The molecule has 1 atom stereocenters. The lowest BCUT2D eigenvalue weighted by atomic mass is 10.1. The molecule has 2 aromatic rings. The van der Waals surface area contributed by atoms with E-state index in [0.29, 0.717) is 17.5 Å². The summed E-state index contributed by atoms with van der Waals surface area (Å²) in [5.74, 6) is -0.397. The molecular formula is C20H20N2O3. The molecule has 0 saturated heterocycles. The average Bonchev–Trinajstić information content (AvgIpc) is 2.66. The lowest BCUT2D eigenvalue weighted by Crippen LogP contribution is -2.35. The molecule has 0 fully saturated rings. The quantitative estimate of drug-likeness (QED) is 0.457. The number of aldehydes is 1. The van der Waals surface area contributed by atoms with E-state index in [0.717, 1.165) is 18.3 Å². The highest BCUT2D eigenvalue weighted by molar-refractivity contribution is 6.06. The molecule has 5 nitrogen and oxygen atoms in total. The Labute approximate surface area is 146 Å². The smallest absolute Gasteiger partial charge is 0.251 e. The normalized spacial score (nSPS) is 11.9. The minimum Gasteiger partial charge on any atom is -0.343 e. The standard InChI is InChI=1S/C20H20N2O3/c1-2-3-18(14-23)22-20(25)17-7-4-15(5-8-17)6-9-19(24)16-10-12-21-13-11-16/h4-14,18H,2-3H2,1H3,(H,22,25)/b9-6+. The molecule has 0 aliphatic carbocycles.